The van der Waals surface area contributed by atoms with E-state index in [0.29, 0.717) is 39.5 Å². The quantitative estimate of drug-likeness (QED) is 0.604. The van der Waals surface area contributed by atoms with Crippen molar-refractivity contribution in [2.45, 2.75) is 13.8 Å². The first-order chi connectivity index (χ1) is 14.7. The number of ether oxygens (including phenoxy) is 3. The Hall–Kier alpha value is -3.88. The summed E-state index contributed by atoms with van der Waals surface area (Å²) < 4.78 is 15.3. The van der Waals surface area contributed by atoms with Crippen LogP contribution in [0, 0.1) is 6.92 Å². The highest BCUT2D eigenvalue weighted by atomic mass is 16.5. The number of nitrogens with one attached hydrogen (secondary N) is 1. The van der Waals surface area contributed by atoms with E-state index >= 15 is 0 Å². The Bertz CT molecular complexity index is 1220. The number of fused-ring (bicyclic) bond motifs is 1. The molecule has 3 aromatic rings. The van der Waals surface area contributed by atoms with Gasteiger partial charge in [-0.25, -0.2) is 4.98 Å². The van der Waals surface area contributed by atoms with Gasteiger partial charge in [-0.3, -0.25) is 14.4 Å². The lowest BCUT2D eigenvalue weighted by atomic mass is 10.1. The Morgan fingerprint density at radius 1 is 1.13 bits per heavy atom. The van der Waals surface area contributed by atoms with Gasteiger partial charge in [-0.15, -0.1) is 0 Å². The number of hydrogen-bond acceptors (Lipinski definition) is 7. The van der Waals surface area contributed by atoms with Gasteiger partial charge in [0.25, 0.3) is 11.5 Å². The van der Waals surface area contributed by atoms with Crippen molar-refractivity contribution in [2.24, 2.45) is 0 Å². The van der Waals surface area contributed by atoms with Crippen LogP contribution < -0.4 is 19.9 Å². The lowest BCUT2D eigenvalue weighted by molar-refractivity contribution is -0.145. The zero-order valence-corrected chi connectivity index (χ0v) is 17.9. The van der Waals surface area contributed by atoms with Crippen LogP contribution in [-0.2, 0) is 14.3 Å². The van der Waals surface area contributed by atoms with E-state index in [1.54, 1.807) is 31.3 Å². The third-order valence-corrected chi connectivity index (χ3v) is 4.81. The maximum Gasteiger partial charge on any atom is 0.303 e. The van der Waals surface area contributed by atoms with Gasteiger partial charge in [0.2, 0.25) is 0 Å². The zero-order valence-electron chi connectivity index (χ0n) is 17.9. The van der Waals surface area contributed by atoms with Gasteiger partial charge < -0.3 is 24.1 Å². The lowest BCUT2D eigenvalue weighted by Gasteiger charge is -2.20. The number of hydrogen-bond donors (Lipinski definition) is 1. The van der Waals surface area contributed by atoms with Gasteiger partial charge in [0, 0.05) is 37.4 Å². The molecule has 1 amide bonds. The van der Waals surface area contributed by atoms with Crippen LogP contribution in [0.2, 0.25) is 0 Å². The molecule has 0 atom stereocenters. The summed E-state index contributed by atoms with van der Waals surface area (Å²) in [5, 5.41) is 0.330. The van der Waals surface area contributed by atoms with E-state index in [0.717, 1.165) is 5.56 Å². The van der Waals surface area contributed by atoms with Crippen LogP contribution in [0.1, 0.15) is 12.5 Å². The monoisotopic (exact) mass is 425 g/mol. The van der Waals surface area contributed by atoms with Crippen molar-refractivity contribution in [3.8, 4) is 22.9 Å². The Morgan fingerprint density at radius 3 is 2.48 bits per heavy atom. The fourth-order valence-corrected chi connectivity index (χ4v) is 3.20. The number of methoxy groups -OCH3 is 2. The summed E-state index contributed by atoms with van der Waals surface area (Å²) in [7, 11) is 4.60. The number of H-pyrrole nitrogens is 1. The molecule has 9 nitrogen and oxygen atoms in total. The standard InChI is InChI=1S/C22H23N3O6/c1-12-8-14(6-7-17(12)25(3)19(27)11-31-13(2)26)21-23-16-9-15(29-4)10-18(30-5)20(16)22(28)24-21/h6-10H,11H2,1-5H3,(H,23,24,28). The molecule has 31 heavy (non-hydrogen) atoms. The van der Waals surface area contributed by atoms with Gasteiger partial charge in [0.05, 0.1) is 19.7 Å². The minimum Gasteiger partial charge on any atom is -0.497 e. The van der Waals surface area contributed by atoms with Crippen LogP contribution in [0.3, 0.4) is 0 Å². The van der Waals surface area contributed by atoms with E-state index in [1.807, 2.05) is 13.0 Å². The van der Waals surface area contributed by atoms with E-state index in [1.165, 1.54) is 26.0 Å². The summed E-state index contributed by atoms with van der Waals surface area (Å²) in [5.74, 6) is 0.384. The summed E-state index contributed by atoms with van der Waals surface area (Å²) in [4.78, 5) is 44.6. The molecule has 0 bridgehead atoms. The molecule has 0 aliphatic heterocycles. The lowest BCUT2D eigenvalue weighted by Crippen LogP contribution is -2.31. The fraction of sp³-hybridized carbons (Fsp3) is 0.273. The molecule has 0 fully saturated rings. The van der Waals surface area contributed by atoms with Gasteiger partial charge in [-0.2, -0.15) is 0 Å². The Kier molecular flexibility index (Phi) is 6.24. The van der Waals surface area contributed by atoms with Gasteiger partial charge in [0.1, 0.15) is 22.7 Å². The number of aromatic amines is 1. The molecule has 0 aliphatic carbocycles. The smallest absolute Gasteiger partial charge is 0.303 e. The predicted molar refractivity (Wildman–Crippen MR) is 116 cm³/mol. The molecule has 0 radical (unpaired) electrons. The fourth-order valence-electron chi connectivity index (χ4n) is 3.20. The van der Waals surface area contributed by atoms with Crippen LogP contribution >= 0.6 is 0 Å². The second-order valence-corrected chi connectivity index (χ2v) is 6.87. The van der Waals surface area contributed by atoms with Crippen LogP contribution in [0.15, 0.2) is 35.1 Å². The largest absolute Gasteiger partial charge is 0.497 e. The second kappa shape index (κ2) is 8.86. The number of esters is 1. The van der Waals surface area contributed by atoms with Crippen LogP contribution in [0.5, 0.6) is 11.5 Å². The molecular formula is C22H23N3O6. The van der Waals surface area contributed by atoms with Crippen LogP contribution in [0.25, 0.3) is 22.3 Å². The number of amides is 1. The van der Waals surface area contributed by atoms with Crippen molar-refractivity contribution in [1.82, 2.24) is 9.97 Å². The average Bonchev–Trinajstić information content (AvgIpc) is 2.75. The van der Waals surface area contributed by atoms with E-state index < -0.39 is 5.97 Å². The van der Waals surface area contributed by atoms with Gasteiger partial charge >= 0.3 is 5.97 Å². The third-order valence-electron chi connectivity index (χ3n) is 4.81. The molecule has 1 aromatic heterocycles. The van der Waals surface area contributed by atoms with Crippen molar-refractivity contribution in [3.05, 3.63) is 46.2 Å². The molecule has 9 heteroatoms. The summed E-state index contributed by atoms with van der Waals surface area (Å²) in [6.45, 7) is 2.74. The molecule has 0 saturated heterocycles. The number of benzene rings is 2. The summed E-state index contributed by atoms with van der Waals surface area (Å²) in [6, 6.07) is 8.60. The molecule has 162 valence electrons. The van der Waals surface area contributed by atoms with Gasteiger partial charge in [-0.1, -0.05) is 0 Å². The SMILES string of the molecule is COc1cc(OC)c2c(=O)[nH]c(-c3ccc(N(C)C(=O)COC(C)=O)c(C)c3)nc2c1. The molecule has 0 spiro atoms. The number of likely N-dealkylation sites (N-methyl/N-ethyl adjacent to an activating group) is 1. The molecule has 1 heterocycles. The first-order valence-electron chi connectivity index (χ1n) is 9.42. The minimum atomic E-state index is -0.520. The maximum absolute atomic E-state index is 12.7. The first-order valence-corrected chi connectivity index (χ1v) is 9.42. The predicted octanol–water partition coefficient (Wildman–Crippen LogP) is 2.44. The van der Waals surface area contributed by atoms with E-state index in [9.17, 15) is 14.4 Å². The molecule has 0 unspecified atom stereocenters. The van der Waals surface area contributed by atoms with E-state index in [4.69, 9.17) is 14.2 Å². The second-order valence-electron chi connectivity index (χ2n) is 6.87. The van der Waals surface area contributed by atoms with Crippen molar-refractivity contribution in [2.75, 3.05) is 32.8 Å². The Morgan fingerprint density at radius 2 is 1.87 bits per heavy atom. The topological polar surface area (TPSA) is 111 Å². The first kappa shape index (κ1) is 21.8. The number of carbonyl (C=O) groups excluding carboxylic acids is 2. The summed E-state index contributed by atoms with van der Waals surface area (Å²) >= 11 is 0. The molecule has 0 aliphatic rings. The normalized spacial score (nSPS) is 10.6. The number of rotatable bonds is 6. The minimum absolute atomic E-state index is 0.330. The Balaban J connectivity index is 2.00. The van der Waals surface area contributed by atoms with Gasteiger partial charge in [-0.05, 0) is 30.7 Å². The van der Waals surface area contributed by atoms with Crippen molar-refractivity contribution in [3.63, 3.8) is 0 Å². The van der Waals surface area contributed by atoms with Crippen molar-refractivity contribution in [1.29, 1.82) is 0 Å². The number of aromatic nitrogens is 2. The molecule has 2 aromatic carbocycles. The maximum atomic E-state index is 12.7. The van der Waals surface area contributed by atoms with Gasteiger partial charge in [0.15, 0.2) is 6.61 Å². The highest BCUT2D eigenvalue weighted by molar-refractivity contribution is 5.95. The molecule has 1 N–H and O–H groups in total. The molecular weight excluding hydrogens is 402 g/mol. The third kappa shape index (κ3) is 4.50. The van der Waals surface area contributed by atoms with Crippen LogP contribution in [-0.4, -0.2) is 49.7 Å². The van der Waals surface area contributed by atoms with E-state index in [2.05, 4.69) is 9.97 Å². The molecule has 0 saturated carbocycles. The summed E-state index contributed by atoms with van der Waals surface area (Å²) in [5.41, 5.74) is 2.19. The number of anilines is 1. The highest BCUT2D eigenvalue weighted by Gasteiger charge is 2.17. The Labute approximate surface area is 178 Å². The number of carbonyl (C=O) groups is 2. The van der Waals surface area contributed by atoms with Crippen molar-refractivity contribution >= 4 is 28.5 Å². The summed E-state index contributed by atoms with van der Waals surface area (Å²) in [6.07, 6.45) is 0. The number of aryl methyl sites for hydroxylation is 1. The number of nitrogens with zero attached hydrogens (tertiary/aromatic N) is 2. The van der Waals surface area contributed by atoms with Crippen molar-refractivity contribution < 1.29 is 23.8 Å². The zero-order chi connectivity index (χ0) is 22.7. The average molecular weight is 425 g/mol. The van der Waals surface area contributed by atoms with Crippen LogP contribution in [0.4, 0.5) is 5.69 Å². The molecule has 3 rings (SSSR count). The van der Waals surface area contributed by atoms with E-state index in [-0.39, 0.29) is 18.1 Å². The highest BCUT2D eigenvalue weighted by Crippen LogP contribution is 2.30.